The third kappa shape index (κ3) is 4.75. The number of rotatable bonds is 7. The zero-order valence-corrected chi connectivity index (χ0v) is 13.6. The van der Waals surface area contributed by atoms with Crippen LogP contribution >= 0.6 is 15.9 Å². The Hall–Kier alpha value is -2.05. The van der Waals surface area contributed by atoms with E-state index in [1.54, 1.807) is 6.07 Å². The van der Waals surface area contributed by atoms with Crippen LogP contribution in [0.15, 0.2) is 53.0 Å². The van der Waals surface area contributed by atoms with Crippen molar-refractivity contribution in [2.75, 3.05) is 5.43 Å². The summed E-state index contributed by atoms with van der Waals surface area (Å²) in [6.07, 6.45) is -0.901. The highest BCUT2D eigenvalue weighted by Gasteiger charge is 2.14. The molecule has 2 aromatic carbocycles. The minimum absolute atomic E-state index is 0.482. The van der Waals surface area contributed by atoms with Crippen molar-refractivity contribution in [2.45, 2.75) is 19.6 Å². The summed E-state index contributed by atoms with van der Waals surface area (Å²) in [6, 6.07) is 15.2. The lowest BCUT2D eigenvalue weighted by Crippen LogP contribution is -2.25. The van der Waals surface area contributed by atoms with Gasteiger partial charge in [0.1, 0.15) is 5.75 Å². The van der Waals surface area contributed by atoms with Crippen LogP contribution in [-0.4, -0.2) is 17.2 Å². The highest BCUT2D eigenvalue weighted by atomic mass is 79.9. The molecule has 0 saturated heterocycles. The molecule has 0 aliphatic heterocycles. The molecule has 0 amide bonds. The number of carbonyl (C=O) groups is 1. The van der Waals surface area contributed by atoms with Crippen molar-refractivity contribution in [1.29, 1.82) is 0 Å². The molecule has 22 heavy (non-hydrogen) atoms. The summed E-state index contributed by atoms with van der Waals surface area (Å²) in [5.74, 6) is -0.454. The van der Waals surface area contributed by atoms with Gasteiger partial charge in [-0.3, -0.25) is 0 Å². The lowest BCUT2D eigenvalue weighted by Gasteiger charge is -2.16. The van der Waals surface area contributed by atoms with Gasteiger partial charge in [-0.1, -0.05) is 34.1 Å². The van der Waals surface area contributed by atoms with Crippen molar-refractivity contribution in [3.8, 4) is 5.75 Å². The number of anilines is 1. The van der Waals surface area contributed by atoms with Gasteiger partial charge in [0.15, 0.2) is 6.10 Å². The average Bonchev–Trinajstić information content (AvgIpc) is 2.50. The van der Waals surface area contributed by atoms with Crippen LogP contribution in [0.2, 0.25) is 0 Å². The third-order valence-electron chi connectivity index (χ3n) is 2.96. The first-order chi connectivity index (χ1) is 10.6. The van der Waals surface area contributed by atoms with E-state index in [9.17, 15) is 4.79 Å². The van der Waals surface area contributed by atoms with Gasteiger partial charge in [0, 0.05) is 22.3 Å². The van der Waals surface area contributed by atoms with Crippen molar-refractivity contribution in [3.05, 3.63) is 58.6 Å². The molecular weight excluding hydrogens is 348 g/mol. The number of hydrogen-bond donors (Lipinski definition) is 3. The number of aliphatic carboxylic acids is 1. The van der Waals surface area contributed by atoms with Gasteiger partial charge < -0.3 is 15.3 Å². The maximum atomic E-state index is 10.9. The maximum absolute atomic E-state index is 10.9. The van der Waals surface area contributed by atoms with E-state index in [2.05, 4.69) is 26.8 Å². The fourth-order valence-corrected chi connectivity index (χ4v) is 2.21. The second-order valence-electron chi connectivity index (χ2n) is 4.69. The summed E-state index contributed by atoms with van der Waals surface area (Å²) in [5.41, 5.74) is 7.96. The van der Waals surface area contributed by atoms with Gasteiger partial charge in [0.25, 0.3) is 0 Å². The molecule has 0 aliphatic carbocycles. The number of carboxylic acids is 1. The number of para-hydroxylation sites is 1. The molecule has 1 atom stereocenters. The summed E-state index contributed by atoms with van der Waals surface area (Å²) in [5, 5.41) is 8.95. The van der Waals surface area contributed by atoms with Gasteiger partial charge in [-0.15, -0.1) is 0 Å². The first-order valence-electron chi connectivity index (χ1n) is 6.78. The minimum Gasteiger partial charge on any atom is -0.479 e. The minimum atomic E-state index is -0.996. The first-order valence-corrected chi connectivity index (χ1v) is 7.57. The lowest BCUT2D eigenvalue weighted by atomic mass is 10.2. The van der Waals surface area contributed by atoms with Crippen molar-refractivity contribution < 1.29 is 14.6 Å². The number of benzene rings is 2. The van der Waals surface area contributed by atoms with Crippen LogP contribution in [0.1, 0.15) is 12.5 Å². The maximum Gasteiger partial charge on any atom is 0.344 e. The van der Waals surface area contributed by atoms with Crippen molar-refractivity contribution >= 4 is 27.6 Å². The zero-order chi connectivity index (χ0) is 15.9. The van der Waals surface area contributed by atoms with Crippen molar-refractivity contribution in [2.24, 2.45) is 0 Å². The Kier molecular flexibility index (Phi) is 5.80. The normalized spacial score (nSPS) is 11.7. The molecule has 0 radical (unpaired) electrons. The number of nitrogens with one attached hydrogen (secondary N) is 2. The first kappa shape index (κ1) is 16.3. The van der Waals surface area contributed by atoms with Gasteiger partial charge in [-0.05, 0) is 37.3 Å². The highest BCUT2D eigenvalue weighted by Crippen LogP contribution is 2.24. The Morgan fingerprint density at radius 2 is 2.00 bits per heavy atom. The second kappa shape index (κ2) is 7.82. The number of ether oxygens (including phenoxy) is 1. The molecule has 1 unspecified atom stereocenters. The number of hydrazine groups is 1. The highest BCUT2D eigenvalue weighted by molar-refractivity contribution is 9.10. The Labute approximate surface area is 137 Å². The molecule has 0 spiro atoms. The number of halogens is 1. The molecule has 5 nitrogen and oxygen atoms in total. The van der Waals surface area contributed by atoms with Crippen molar-refractivity contribution in [1.82, 2.24) is 5.43 Å². The summed E-state index contributed by atoms with van der Waals surface area (Å²) in [7, 11) is 0. The molecule has 0 heterocycles. The van der Waals surface area contributed by atoms with Crippen LogP contribution in [-0.2, 0) is 11.3 Å². The molecule has 0 aliphatic rings. The predicted octanol–water partition coefficient (Wildman–Crippen LogP) is 3.42. The molecular formula is C16H17BrN2O3. The van der Waals surface area contributed by atoms with Gasteiger partial charge in [-0.2, -0.15) is 0 Å². The monoisotopic (exact) mass is 364 g/mol. The standard InChI is InChI=1S/C16H17BrN2O3/c1-11(16(20)21)22-15-8-7-13(17)9-12(15)10-18-19-14-5-3-2-4-6-14/h2-9,11,18-19H,10H2,1H3,(H,20,21). The van der Waals surface area contributed by atoms with E-state index in [-0.39, 0.29) is 0 Å². The molecule has 0 aromatic heterocycles. The third-order valence-corrected chi connectivity index (χ3v) is 3.45. The number of carboxylic acid groups (broad SMARTS) is 1. The fourth-order valence-electron chi connectivity index (χ4n) is 1.80. The van der Waals surface area contributed by atoms with Gasteiger partial charge in [0.2, 0.25) is 0 Å². The van der Waals surface area contributed by atoms with Crippen LogP contribution in [0.5, 0.6) is 5.75 Å². The molecule has 2 rings (SSSR count). The van der Waals surface area contributed by atoms with Gasteiger partial charge >= 0.3 is 5.97 Å². The van der Waals surface area contributed by atoms with Crippen LogP contribution in [0.4, 0.5) is 5.69 Å². The molecule has 2 aromatic rings. The predicted molar refractivity (Wildman–Crippen MR) is 88.8 cm³/mol. The Bertz CT molecular complexity index is 635. The lowest BCUT2D eigenvalue weighted by molar-refractivity contribution is -0.144. The van der Waals surface area contributed by atoms with Crippen molar-refractivity contribution in [3.63, 3.8) is 0 Å². The van der Waals surface area contributed by atoms with E-state index in [0.717, 1.165) is 15.7 Å². The largest absolute Gasteiger partial charge is 0.479 e. The van der Waals surface area contributed by atoms with Crippen LogP contribution in [0, 0.1) is 0 Å². The number of hydrogen-bond acceptors (Lipinski definition) is 4. The topological polar surface area (TPSA) is 70.6 Å². The Balaban J connectivity index is 2.02. The molecule has 0 saturated carbocycles. The van der Waals surface area contributed by atoms with Crippen LogP contribution in [0.25, 0.3) is 0 Å². The molecule has 3 N–H and O–H groups in total. The molecule has 116 valence electrons. The van der Waals surface area contributed by atoms with E-state index in [1.165, 1.54) is 6.92 Å². The smallest absolute Gasteiger partial charge is 0.344 e. The van der Waals surface area contributed by atoms with Gasteiger partial charge in [0.05, 0.1) is 0 Å². The van der Waals surface area contributed by atoms with E-state index in [0.29, 0.717) is 12.3 Å². The average molecular weight is 365 g/mol. The van der Waals surface area contributed by atoms with Crippen LogP contribution in [0.3, 0.4) is 0 Å². The molecule has 6 heteroatoms. The van der Waals surface area contributed by atoms with E-state index in [4.69, 9.17) is 9.84 Å². The van der Waals surface area contributed by atoms with E-state index in [1.807, 2.05) is 42.5 Å². The van der Waals surface area contributed by atoms with E-state index < -0.39 is 12.1 Å². The Morgan fingerprint density at radius 1 is 1.27 bits per heavy atom. The fraction of sp³-hybridized carbons (Fsp3) is 0.188. The van der Waals surface area contributed by atoms with E-state index >= 15 is 0 Å². The SMILES string of the molecule is CC(Oc1ccc(Br)cc1CNNc1ccccc1)C(=O)O. The molecule has 0 bridgehead atoms. The summed E-state index contributed by atoms with van der Waals surface area (Å²) >= 11 is 3.41. The van der Waals surface area contributed by atoms with Crippen LogP contribution < -0.4 is 15.6 Å². The molecule has 0 fully saturated rings. The summed E-state index contributed by atoms with van der Waals surface area (Å²) in [4.78, 5) is 10.9. The summed E-state index contributed by atoms with van der Waals surface area (Å²) in [6.45, 7) is 1.99. The Morgan fingerprint density at radius 3 is 2.68 bits per heavy atom. The zero-order valence-electron chi connectivity index (χ0n) is 12.0. The summed E-state index contributed by atoms with van der Waals surface area (Å²) < 4.78 is 6.38. The quantitative estimate of drug-likeness (QED) is 0.656. The van der Waals surface area contributed by atoms with Gasteiger partial charge in [-0.25, -0.2) is 10.2 Å². The second-order valence-corrected chi connectivity index (χ2v) is 5.61.